The molecule has 5 nitrogen and oxygen atoms in total. The summed E-state index contributed by atoms with van der Waals surface area (Å²) in [6.07, 6.45) is 1.46. The van der Waals surface area contributed by atoms with Crippen LogP contribution in [0.4, 0.5) is 0 Å². The van der Waals surface area contributed by atoms with Crippen LogP contribution in [0.3, 0.4) is 0 Å². The molecule has 1 aromatic carbocycles. The number of phenolic OH excluding ortho intramolecular Hbond substituents is 2. The first-order chi connectivity index (χ1) is 8.65. The minimum atomic E-state index is -0.403. The van der Waals surface area contributed by atoms with Gasteiger partial charge in [-0.1, -0.05) is 0 Å². The Balaban J connectivity index is 2.37. The highest BCUT2D eigenvalue weighted by molar-refractivity contribution is 5.85. The lowest BCUT2D eigenvalue weighted by molar-refractivity contribution is 0.451. The van der Waals surface area contributed by atoms with Gasteiger partial charge in [0.1, 0.15) is 22.5 Å². The number of hydrogen-bond donors (Lipinski definition) is 2. The van der Waals surface area contributed by atoms with Crippen molar-refractivity contribution < 1.29 is 19.0 Å². The molecule has 2 heterocycles. The van der Waals surface area contributed by atoms with E-state index in [1.54, 1.807) is 12.1 Å². The monoisotopic (exact) mass is 244 g/mol. The number of fused-ring (bicyclic) bond motifs is 1. The summed E-state index contributed by atoms with van der Waals surface area (Å²) in [5.41, 5.74) is -0.299. The third kappa shape index (κ3) is 1.53. The van der Waals surface area contributed by atoms with E-state index < -0.39 is 5.43 Å². The van der Waals surface area contributed by atoms with Gasteiger partial charge in [0.15, 0.2) is 16.9 Å². The second-order valence-corrected chi connectivity index (χ2v) is 3.79. The van der Waals surface area contributed by atoms with Crippen molar-refractivity contribution in [2.45, 2.75) is 0 Å². The topological polar surface area (TPSA) is 83.8 Å². The Morgan fingerprint density at radius 1 is 1.06 bits per heavy atom. The van der Waals surface area contributed by atoms with Gasteiger partial charge in [-0.25, -0.2) is 0 Å². The highest BCUT2D eigenvalue weighted by Gasteiger charge is 2.12. The highest BCUT2D eigenvalue weighted by Crippen LogP contribution is 2.30. The van der Waals surface area contributed by atoms with Gasteiger partial charge in [-0.05, 0) is 12.1 Å². The summed E-state index contributed by atoms with van der Waals surface area (Å²) >= 11 is 0. The summed E-state index contributed by atoms with van der Waals surface area (Å²) in [4.78, 5) is 11.9. The van der Waals surface area contributed by atoms with E-state index in [0.717, 1.165) is 6.07 Å². The van der Waals surface area contributed by atoms with E-state index in [0.29, 0.717) is 5.76 Å². The quantitative estimate of drug-likeness (QED) is 0.686. The molecular weight excluding hydrogens is 236 g/mol. The average Bonchev–Trinajstić information content (AvgIpc) is 2.80. The predicted octanol–water partition coefficient (Wildman–Crippen LogP) is 2.46. The van der Waals surface area contributed by atoms with Crippen molar-refractivity contribution in [2.75, 3.05) is 0 Å². The van der Waals surface area contributed by atoms with Gasteiger partial charge in [0.2, 0.25) is 0 Å². The van der Waals surface area contributed by atoms with Gasteiger partial charge in [-0.3, -0.25) is 4.79 Å². The lowest BCUT2D eigenvalue weighted by Gasteiger charge is -2.03. The van der Waals surface area contributed by atoms with E-state index in [9.17, 15) is 15.0 Å². The van der Waals surface area contributed by atoms with Gasteiger partial charge < -0.3 is 19.0 Å². The number of rotatable bonds is 1. The summed E-state index contributed by atoms with van der Waals surface area (Å²) in [6, 6.07) is 6.90. The van der Waals surface area contributed by atoms with E-state index in [1.807, 2.05) is 0 Å². The molecule has 0 amide bonds. The summed E-state index contributed by atoms with van der Waals surface area (Å²) < 4.78 is 10.6. The molecule has 0 spiro atoms. The van der Waals surface area contributed by atoms with Crippen LogP contribution in [-0.4, -0.2) is 10.2 Å². The fourth-order valence-electron chi connectivity index (χ4n) is 1.79. The Morgan fingerprint density at radius 3 is 2.61 bits per heavy atom. The highest BCUT2D eigenvalue weighted by atomic mass is 16.4. The number of aromatic hydroxyl groups is 2. The summed E-state index contributed by atoms with van der Waals surface area (Å²) in [5.74, 6) is 0.142. The van der Waals surface area contributed by atoms with Crippen molar-refractivity contribution in [1.82, 2.24) is 0 Å². The van der Waals surface area contributed by atoms with Crippen molar-refractivity contribution in [2.24, 2.45) is 0 Å². The van der Waals surface area contributed by atoms with Crippen LogP contribution in [0, 0.1) is 0 Å². The third-order valence-corrected chi connectivity index (χ3v) is 2.56. The molecule has 0 bridgehead atoms. The van der Waals surface area contributed by atoms with E-state index in [-0.39, 0.29) is 28.2 Å². The Labute approximate surface area is 101 Å². The first kappa shape index (κ1) is 10.5. The molecule has 0 atom stereocenters. The summed E-state index contributed by atoms with van der Waals surface area (Å²) in [6.45, 7) is 0. The van der Waals surface area contributed by atoms with Gasteiger partial charge >= 0.3 is 0 Å². The fraction of sp³-hybridized carbons (Fsp3) is 0. The van der Waals surface area contributed by atoms with Crippen molar-refractivity contribution in [3.05, 3.63) is 46.8 Å². The normalized spacial score (nSPS) is 10.9. The largest absolute Gasteiger partial charge is 0.508 e. The second kappa shape index (κ2) is 3.66. The van der Waals surface area contributed by atoms with Gasteiger partial charge in [-0.15, -0.1) is 0 Å². The maximum Gasteiger partial charge on any atom is 0.197 e. The molecule has 0 aliphatic rings. The smallest absolute Gasteiger partial charge is 0.197 e. The zero-order valence-corrected chi connectivity index (χ0v) is 9.08. The third-order valence-electron chi connectivity index (χ3n) is 2.56. The Hall–Kier alpha value is -2.69. The van der Waals surface area contributed by atoms with E-state index in [1.165, 1.54) is 18.4 Å². The molecule has 0 fully saturated rings. The molecule has 0 radical (unpaired) electrons. The van der Waals surface area contributed by atoms with Crippen LogP contribution in [0.5, 0.6) is 11.5 Å². The van der Waals surface area contributed by atoms with Crippen molar-refractivity contribution >= 4 is 11.0 Å². The summed E-state index contributed by atoms with van der Waals surface area (Å²) in [5, 5.41) is 19.0. The first-order valence-electron chi connectivity index (χ1n) is 5.19. The SMILES string of the molecule is O=c1cc(-c2ccco2)oc2cc(O)cc(O)c12. The first-order valence-corrected chi connectivity index (χ1v) is 5.19. The van der Waals surface area contributed by atoms with Crippen molar-refractivity contribution in [3.63, 3.8) is 0 Å². The van der Waals surface area contributed by atoms with Crippen molar-refractivity contribution in [3.8, 4) is 23.0 Å². The van der Waals surface area contributed by atoms with Crippen LogP contribution >= 0.6 is 0 Å². The molecule has 2 N–H and O–H groups in total. The van der Waals surface area contributed by atoms with Crippen molar-refractivity contribution in [1.29, 1.82) is 0 Å². The minimum absolute atomic E-state index is 0.0307. The standard InChI is InChI=1S/C13H8O5/c14-7-4-8(15)13-9(16)6-11(18-12(13)5-7)10-2-1-3-17-10/h1-6,14-15H. The number of hydrogen-bond acceptors (Lipinski definition) is 5. The van der Waals surface area contributed by atoms with Gasteiger partial charge in [0.25, 0.3) is 0 Å². The molecule has 0 unspecified atom stereocenters. The lowest BCUT2D eigenvalue weighted by Crippen LogP contribution is -2.00. The van der Waals surface area contributed by atoms with Crippen LogP contribution in [0.15, 0.2) is 50.2 Å². The molecule has 18 heavy (non-hydrogen) atoms. The van der Waals surface area contributed by atoms with E-state index in [2.05, 4.69) is 0 Å². The molecule has 5 heteroatoms. The number of benzene rings is 1. The Bertz CT molecular complexity index is 768. The maximum absolute atomic E-state index is 11.9. The van der Waals surface area contributed by atoms with Crippen LogP contribution in [-0.2, 0) is 0 Å². The number of furan rings is 1. The second-order valence-electron chi connectivity index (χ2n) is 3.79. The number of phenols is 2. The van der Waals surface area contributed by atoms with Gasteiger partial charge in [0.05, 0.1) is 6.26 Å². The molecule has 3 rings (SSSR count). The van der Waals surface area contributed by atoms with E-state index in [4.69, 9.17) is 8.83 Å². The fourth-order valence-corrected chi connectivity index (χ4v) is 1.79. The van der Waals surface area contributed by atoms with Gasteiger partial charge in [0, 0.05) is 18.2 Å². The predicted molar refractivity (Wildman–Crippen MR) is 63.5 cm³/mol. The van der Waals surface area contributed by atoms with Crippen LogP contribution in [0.1, 0.15) is 0 Å². The minimum Gasteiger partial charge on any atom is -0.508 e. The zero-order chi connectivity index (χ0) is 12.7. The van der Waals surface area contributed by atoms with E-state index >= 15 is 0 Å². The maximum atomic E-state index is 11.9. The molecule has 0 aliphatic heterocycles. The lowest BCUT2D eigenvalue weighted by atomic mass is 10.2. The molecule has 0 saturated heterocycles. The Kier molecular flexibility index (Phi) is 2.13. The molecule has 0 aliphatic carbocycles. The Morgan fingerprint density at radius 2 is 1.89 bits per heavy atom. The molecule has 0 saturated carbocycles. The van der Waals surface area contributed by atoms with Crippen LogP contribution in [0.2, 0.25) is 0 Å². The molecule has 2 aromatic heterocycles. The molecule has 3 aromatic rings. The molecular formula is C13H8O5. The van der Waals surface area contributed by atoms with Crippen LogP contribution < -0.4 is 5.43 Å². The summed E-state index contributed by atoms with van der Waals surface area (Å²) in [7, 11) is 0. The molecule has 90 valence electrons. The zero-order valence-electron chi connectivity index (χ0n) is 9.08. The average molecular weight is 244 g/mol. The van der Waals surface area contributed by atoms with Crippen LogP contribution in [0.25, 0.3) is 22.5 Å². The van der Waals surface area contributed by atoms with Gasteiger partial charge in [-0.2, -0.15) is 0 Å².